The summed E-state index contributed by atoms with van der Waals surface area (Å²) in [6.45, 7) is 55.1. The molecule has 6 saturated carbocycles. The molecule has 9 rings (SSSR count). The zero-order valence-corrected chi connectivity index (χ0v) is 61.5. The molecular formula is C84H166O16. The zero-order chi connectivity index (χ0) is 69.3. The van der Waals surface area contributed by atoms with Gasteiger partial charge in [-0.3, -0.25) is 33.6 Å². The summed E-state index contributed by atoms with van der Waals surface area (Å²) in [6.07, 6.45) is 14.3. The highest BCUT2D eigenvalue weighted by molar-refractivity contribution is 5.83. The Labute approximate surface area is 617 Å². The highest BCUT2D eigenvalue weighted by atomic mass is 16.6. The van der Waals surface area contributed by atoms with Gasteiger partial charge in [0.15, 0.2) is 0 Å². The summed E-state index contributed by atoms with van der Waals surface area (Å²) < 4.78 is 43.3. The van der Waals surface area contributed by atoms with Gasteiger partial charge in [0.25, 0.3) is 0 Å². The molecule has 0 amide bonds. The van der Waals surface area contributed by atoms with Crippen molar-refractivity contribution in [2.24, 2.45) is 78.8 Å². The fourth-order valence-electron chi connectivity index (χ4n) is 14.7. The smallest absolute Gasteiger partial charge is 0.348 e. The SMILES string of the molecule is C.C.C.C.C.C.C.C.C.C.CCC(C)(C)C(=O)OC(C)(C)C1COC(=O)C1.CCC(C)(C)C(=O)OC1(C)CCC23CC1C(C)(C)C2CCC3C.CCC(C)(C)C(=O)OC1(C)CCC2CC1C2(C)C.CCC(C)(C)C(=O)OC1(C)CCOC(=O)C1.CCC(C)(C)C(=O)OC1CC(C)(C)OC1=O. The molecule has 0 aromatic rings. The monoisotopic (exact) mass is 1430 g/mol. The number of hydrogen-bond donors (Lipinski definition) is 0. The Balaban J connectivity index is -0.000000212. The maximum atomic E-state index is 12.7. The van der Waals surface area contributed by atoms with E-state index in [9.17, 15) is 38.4 Å². The van der Waals surface area contributed by atoms with Crippen molar-refractivity contribution in [3.63, 3.8) is 0 Å². The molecule has 4 bridgehead atoms. The number of rotatable bonds is 16. The van der Waals surface area contributed by atoms with Gasteiger partial charge >= 0.3 is 47.8 Å². The summed E-state index contributed by atoms with van der Waals surface area (Å²) in [5, 5.41) is 0. The standard InChI is InChI=1S/C21H36O2.C16H28O2.C13H22O4.2C12H20O4.10CH4/c1-8-18(3,4)17(22)23-20(7)11-12-21-13-16(20)19(5,6)15(21)10-9-14(21)2;1-7-14(2,3)13(17)18-16(6)9-8-11-10-12(16)15(11,4)5;1-6-12(2,3)11(15)17-13(4,5)9-7-10(14)16-8-9;1-6-11(2,3)10(14)15-8-7-12(4,5)16-9(8)13;1-5-11(2,3)10(14)16-12(4)6-7-15-9(13)8-12;;;;;;;;;;/h14-16H,8-13H2,1-7H3;11-12H,7-10H2,1-6H3;9H,6-8H2,1-5H3;8H,6-7H2,1-5H3;5-8H2,1-4H3;10*1H4. The fraction of sp³-hybridized carbons (Fsp3) is 0.905. The molecule has 3 aliphatic heterocycles. The van der Waals surface area contributed by atoms with Gasteiger partial charge in [0.1, 0.15) is 28.0 Å². The van der Waals surface area contributed by atoms with Crippen molar-refractivity contribution in [3.8, 4) is 0 Å². The van der Waals surface area contributed by atoms with Crippen molar-refractivity contribution in [3.05, 3.63) is 0 Å². The molecular weight excluding hydrogens is 1260 g/mol. The first-order valence-corrected chi connectivity index (χ1v) is 34.5. The molecule has 3 heterocycles. The Morgan fingerprint density at radius 3 is 1.29 bits per heavy atom. The van der Waals surface area contributed by atoms with Crippen LogP contribution in [0.5, 0.6) is 0 Å². The first kappa shape index (κ1) is 109. The summed E-state index contributed by atoms with van der Waals surface area (Å²) in [7, 11) is 0. The molecule has 1 spiro atoms. The Kier molecular flexibility index (Phi) is 42.8. The van der Waals surface area contributed by atoms with Crippen LogP contribution in [0.1, 0.15) is 370 Å². The Hall–Kier alpha value is -4.24. The van der Waals surface area contributed by atoms with Gasteiger partial charge in [-0.05, 0) is 235 Å². The molecule has 16 nitrogen and oxygen atoms in total. The Bertz CT molecular complexity index is 2580. The van der Waals surface area contributed by atoms with E-state index in [0.717, 1.165) is 49.9 Å². The average Bonchev–Trinajstić information content (AvgIpc) is 1.45. The van der Waals surface area contributed by atoms with E-state index in [1.54, 1.807) is 20.8 Å². The number of cyclic esters (lactones) is 3. The molecule has 11 unspecified atom stereocenters. The highest BCUT2D eigenvalue weighted by Crippen LogP contribution is 2.74. The van der Waals surface area contributed by atoms with Gasteiger partial charge in [0.2, 0.25) is 6.10 Å². The molecule has 16 heteroatoms. The van der Waals surface area contributed by atoms with Gasteiger partial charge in [-0.2, -0.15) is 0 Å². The molecule has 9 aliphatic rings. The van der Waals surface area contributed by atoms with Crippen molar-refractivity contribution in [2.75, 3.05) is 13.2 Å². The van der Waals surface area contributed by atoms with Crippen molar-refractivity contribution in [1.29, 1.82) is 0 Å². The maximum absolute atomic E-state index is 12.7. The summed E-state index contributed by atoms with van der Waals surface area (Å²) in [5.41, 5.74) is -3.48. The lowest BCUT2D eigenvalue weighted by Gasteiger charge is -2.63. The van der Waals surface area contributed by atoms with E-state index in [-0.39, 0.29) is 156 Å². The second kappa shape index (κ2) is 39.2. The van der Waals surface area contributed by atoms with E-state index in [1.165, 1.54) is 38.5 Å². The number of carbonyl (C=O) groups is 8. The topological polar surface area (TPSA) is 210 Å². The minimum atomic E-state index is -0.742. The summed E-state index contributed by atoms with van der Waals surface area (Å²) in [4.78, 5) is 94.4. The van der Waals surface area contributed by atoms with E-state index in [1.807, 2.05) is 111 Å². The van der Waals surface area contributed by atoms with E-state index >= 15 is 0 Å². The van der Waals surface area contributed by atoms with Crippen LogP contribution in [0.3, 0.4) is 0 Å². The third kappa shape index (κ3) is 24.7. The number of ether oxygens (including phenoxy) is 8. The second-order valence-electron chi connectivity index (χ2n) is 34.6. The minimum absolute atomic E-state index is 0. The molecule has 0 N–H and O–H groups in total. The van der Waals surface area contributed by atoms with E-state index < -0.39 is 45.1 Å². The molecule has 9 fully saturated rings. The van der Waals surface area contributed by atoms with Crippen molar-refractivity contribution in [2.45, 2.75) is 404 Å². The van der Waals surface area contributed by atoms with Crippen molar-refractivity contribution < 1.29 is 76.3 Å². The van der Waals surface area contributed by atoms with Crippen LogP contribution in [-0.4, -0.2) is 95.1 Å². The minimum Gasteiger partial charge on any atom is -0.465 e. The van der Waals surface area contributed by atoms with Crippen LogP contribution < -0.4 is 0 Å². The molecule has 6 aliphatic carbocycles. The number of fused-ring (bicyclic) bond motifs is 3. The normalized spacial score (nSPS) is 28.8. The lowest BCUT2D eigenvalue weighted by Crippen LogP contribution is -2.62. The van der Waals surface area contributed by atoms with Crippen LogP contribution in [0.2, 0.25) is 0 Å². The second-order valence-corrected chi connectivity index (χ2v) is 34.6. The van der Waals surface area contributed by atoms with Crippen LogP contribution in [0.4, 0.5) is 0 Å². The van der Waals surface area contributed by atoms with Gasteiger partial charge in [-0.15, -0.1) is 0 Å². The molecule has 598 valence electrons. The van der Waals surface area contributed by atoms with Crippen LogP contribution in [-0.2, 0) is 76.3 Å². The fourth-order valence-corrected chi connectivity index (χ4v) is 14.7. The lowest BCUT2D eigenvalue weighted by atomic mass is 9.44. The number of hydrogen-bond acceptors (Lipinski definition) is 16. The van der Waals surface area contributed by atoms with Crippen LogP contribution in [0, 0.1) is 78.8 Å². The van der Waals surface area contributed by atoms with Crippen LogP contribution in [0.15, 0.2) is 0 Å². The summed E-state index contributed by atoms with van der Waals surface area (Å²) in [6, 6.07) is 0. The van der Waals surface area contributed by atoms with Gasteiger partial charge in [-0.25, -0.2) is 4.79 Å². The Morgan fingerprint density at radius 1 is 0.470 bits per heavy atom. The Morgan fingerprint density at radius 2 is 0.900 bits per heavy atom. The van der Waals surface area contributed by atoms with Gasteiger partial charge in [0.05, 0.1) is 53.1 Å². The molecule has 0 aromatic heterocycles. The maximum Gasteiger partial charge on any atom is 0.348 e. The van der Waals surface area contributed by atoms with Gasteiger partial charge in [0, 0.05) is 30.6 Å². The molecule has 11 atom stereocenters. The van der Waals surface area contributed by atoms with Crippen molar-refractivity contribution in [1.82, 2.24) is 0 Å². The van der Waals surface area contributed by atoms with Gasteiger partial charge < -0.3 is 37.9 Å². The summed E-state index contributed by atoms with van der Waals surface area (Å²) in [5.74, 6) is 1.72. The van der Waals surface area contributed by atoms with Crippen LogP contribution >= 0.6 is 0 Å². The first-order chi connectivity index (χ1) is 40.8. The largest absolute Gasteiger partial charge is 0.465 e. The molecule has 0 aromatic carbocycles. The van der Waals surface area contributed by atoms with E-state index in [2.05, 4.69) is 55.4 Å². The predicted octanol–water partition coefficient (Wildman–Crippen LogP) is 22.6. The quantitative estimate of drug-likeness (QED) is 0.104. The van der Waals surface area contributed by atoms with Crippen LogP contribution in [0.25, 0.3) is 0 Å². The first-order valence-electron chi connectivity index (χ1n) is 34.5. The summed E-state index contributed by atoms with van der Waals surface area (Å²) >= 11 is 0. The molecule has 0 radical (unpaired) electrons. The third-order valence-electron chi connectivity index (χ3n) is 24.3. The predicted molar refractivity (Wildman–Crippen MR) is 415 cm³/mol. The van der Waals surface area contributed by atoms with E-state index in [0.29, 0.717) is 68.0 Å². The van der Waals surface area contributed by atoms with E-state index in [4.69, 9.17) is 37.9 Å². The van der Waals surface area contributed by atoms with Crippen molar-refractivity contribution >= 4 is 47.8 Å². The zero-order valence-electron chi connectivity index (χ0n) is 61.5. The molecule has 3 saturated heterocycles. The highest BCUT2D eigenvalue weighted by Gasteiger charge is 2.69. The third-order valence-corrected chi connectivity index (χ3v) is 24.3. The van der Waals surface area contributed by atoms with Gasteiger partial charge in [-0.1, -0.05) is 144 Å². The average molecular weight is 1430 g/mol. The lowest BCUT2D eigenvalue weighted by molar-refractivity contribution is -0.224. The molecule has 100 heavy (non-hydrogen) atoms. The number of esters is 8. The number of carbonyl (C=O) groups excluding carboxylic acids is 8.